The molecule has 0 fully saturated rings. The summed E-state index contributed by atoms with van der Waals surface area (Å²) in [4.78, 5) is 10.6. The standard InChI is InChI=1S/C7H9F3N4O/c1-4(5-13-11-3-14(5)2)12-6(15)7(8,9)10/h3-4H,1-2H3,(H,12,15). The molecule has 15 heavy (non-hydrogen) atoms. The minimum absolute atomic E-state index is 0.257. The molecule has 0 aromatic carbocycles. The summed E-state index contributed by atoms with van der Waals surface area (Å²) >= 11 is 0. The molecule has 1 N–H and O–H groups in total. The largest absolute Gasteiger partial charge is 0.471 e. The molecule has 0 radical (unpaired) electrons. The maximum absolute atomic E-state index is 11.9. The van der Waals surface area contributed by atoms with Crippen LogP contribution in [0.15, 0.2) is 6.33 Å². The zero-order chi connectivity index (χ0) is 11.6. The summed E-state index contributed by atoms with van der Waals surface area (Å²) < 4.78 is 37.1. The molecule has 1 aromatic heterocycles. The molecule has 0 spiro atoms. The van der Waals surface area contributed by atoms with E-state index in [-0.39, 0.29) is 5.82 Å². The maximum Gasteiger partial charge on any atom is 0.471 e. The molecule has 1 atom stereocenters. The van der Waals surface area contributed by atoms with Gasteiger partial charge in [0.15, 0.2) is 5.82 Å². The molecule has 0 aliphatic heterocycles. The fraction of sp³-hybridized carbons (Fsp3) is 0.571. The van der Waals surface area contributed by atoms with Crippen LogP contribution < -0.4 is 5.32 Å². The number of aromatic nitrogens is 3. The first kappa shape index (κ1) is 11.5. The van der Waals surface area contributed by atoms with E-state index in [2.05, 4.69) is 10.2 Å². The van der Waals surface area contributed by atoms with Crippen LogP contribution in [0.2, 0.25) is 0 Å². The highest BCUT2D eigenvalue weighted by Crippen LogP contribution is 2.17. The summed E-state index contributed by atoms with van der Waals surface area (Å²) in [6.45, 7) is 1.40. The smallest absolute Gasteiger partial charge is 0.339 e. The third-order valence-corrected chi connectivity index (χ3v) is 1.74. The van der Waals surface area contributed by atoms with E-state index in [1.807, 2.05) is 0 Å². The van der Waals surface area contributed by atoms with E-state index in [0.717, 1.165) is 0 Å². The molecule has 1 heterocycles. The van der Waals surface area contributed by atoms with Crippen LogP contribution in [0.4, 0.5) is 13.2 Å². The van der Waals surface area contributed by atoms with E-state index < -0.39 is 18.1 Å². The van der Waals surface area contributed by atoms with Gasteiger partial charge in [-0.1, -0.05) is 0 Å². The molecule has 5 nitrogen and oxygen atoms in total. The monoisotopic (exact) mass is 222 g/mol. The molecule has 1 unspecified atom stereocenters. The lowest BCUT2D eigenvalue weighted by Gasteiger charge is -2.13. The van der Waals surface area contributed by atoms with E-state index in [1.54, 1.807) is 12.4 Å². The predicted octanol–water partition coefficient (Wildman–Crippen LogP) is 0.555. The highest BCUT2D eigenvalue weighted by Gasteiger charge is 2.39. The van der Waals surface area contributed by atoms with Crippen molar-refractivity contribution in [1.29, 1.82) is 0 Å². The van der Waals surface area contributed by atoms with Crippen molar-refractivity contribution in [3.05, 3.63) is 12.2 Å². The van der Waals surface area contributed by atoms with Crippen LogP contribution in [-0.2, 0) is 11.8 Å². The van der Waals surface area contributed by atoms with E-state index in [1.165, 1.54) is 17.8 Å². The molecule has 0 saturated carbocycles. The van der Waals surface area contributed by atoms with E-state index in [9.17, 15) is 18.0 Å². The van der Waals surface area contributed by atoms with Gasteiger partial charge in [-0.25, -0.2) is 0 Å². The van der Waals surface area contributed by atoms with Crippen molar-refractivity contribution in [1.82, 2.24) is 20.1 Å². The van der Waals surface area contributed by atoms with Crippen molar-refractivity contribution < 1.29 is 18.0 Å². The summed E-state index contributed by atoms with van der Waals surface area (Å²) in [6.07, 6.45) is -3.54. The summed E-state index contributed by atoms with van der Waals surface area (Å²) in [6, 6.07) is -0.841. The van der Waals surface area contributed by atoms with Gasteiger partial charge in [-0.3, -0.25) is 4.79 Å². The molecule has 0 aliphatic rings. The number of hydrogen-bond acceptors (Lipinski definition) is 3. The summed E-state index contributed by atoms with van der Waals surface area (Å²) in [7, 11) is 1.57. The molecule has 8 heteroatoms. The third-order valence-electron chi connectivity index (χ3n) is 1.74. The lowest BCUT2D eigenvalue weighted by molar-refractivity contribution is -0.174. The van der Waals surface area contributed by atoms with Gasteiger partial charge in [-0.2, -0.15) is 13.2 Å². The molecule has 0 saturated heterocycles. The molecule has 1 rings (SSSR count). The Kier molecular flexibility index (Phi) is 2.96. The quantitative estimate of drug-likeness (QED) is 0.795. The Morgan fingerprint density at radius 3 is 2.60 bits per heavy atom. The fourth-order valence-corrected chi connectivity index (χ4v) is 1.03. The minimum Gasteiger partial charge on any atom is -0.339 e. The number of nitrogens with zero attached hydrogens (tertiary/aromatic N) is 3. The molecular weight excluding hydrogens is 213 g/mol. The normalized spacial score (nSPS) is 13.7. The highest BCUT2D eigenvalue weighted by molar-refractivity contribution is 5.81. The van der Waals surface area contributed by atoms with Crippen LogP contribution >= 0.6 is 0 Å². The van der Waals surface area contributed by atoms with Gasteiger partial charge in [0, 0.05) is 7.05 Å². The number of hydrogen-bond donors (Lipinski definition) is 1. The summed E-state index contributed by atoms with van der Waals surface area (Å²) in [5, 5.41) is 8.85. The van der Waals surface area contributed by atoms with E-state index >= 15 is 0 Å². The van der Waals surface area contributed by atoms with Crippen LogP contribution in [0.5, 0.6) is 0 Å². The lowest BCUT2D eigenvalue weighted by atomic mass is 10.3. The third kappa shape index (κ3) is 2.67. The van der Waals surface area contributed by atoms with Gasteiger partial charge in [0.1, 0.15) is 6.33 Å². The Morgan fingerprint density at radius 2 is 2.20 bits per heavy atom. The van der Waals surface area contributed by atoms with Crippen molar-refractivity contribution in [3.8, 4) is 0 Å². The molecular formula is C7H9F3N4O. The van der Waals surface area contributed by atoms with Crippen LogP contribution in [0.1, 0.15) is 18.8 Å². The first-order valence-electron chi connectivity index (χ1n) is 4.04. The second-order valence-corrected chi connectivity index (χ2v) is 2.99. The van der Waals surface area contributed by atoms with Crippen LogP contribution in [0.25, 0.3) is 0 Å². The number of halogens is 3. The SMILES string of the molecule is CC(NC(=O)C(F)(F)F)c1nncn1C. The zero-order valence-corrected chi connectivity index (χ0v) is 8.04. The first-order chi connectivity index (χ1) is 6.82. The molecule has 0 aliphatic carbocycles. The van der Waals surface area contributed by atoms with Gasteiger partial charge < -0.3 is 9.88 Å². The van der Waals surface area contributed by atoms with Crippen LogP contribution in [-0.4, -0.2) is 26.8 Å². The number of alkyl halides is 3. The van der Waals surface area contributed by atoms with Gasteiger partial charge in [-0.15, -0.1) is 10.2 Å². The molecule has 1 aromatic rings. The topological polar surface area (TPSA) is 59.8 Å². The van der Waals surface area contributed by atoms with Crippen molar-refractivity contribution >= 4 is 5.91 Å². The number of aryl methyl sites for hydroxylation is 1. The molecule has 84 valence electrons. The molecule has 0 bridgehead atoms. The van der Waals surface area contributed by atoms with Gasteiger partial charge in [0.2, 0.25) is 0 Å². The minimum atomic E-state index is -4.88. The Morgan fingerprint density at radius 1 is 1.60 bits per heavy atom. The fourth-order valence-electron chi connectivity index (χ4n) is 1.03. The van der Waals surface area contributed by atoms with E-state index in [0.29, 0.717) is 0 Å². The van der Waals surface area contributed by atoms with Crippen LogP contribution in [0.3, 0.4) is 0 Å². The summed E-state index contributed by atoms with van der Waals surface area (Å²) in [5.41, 5.74) is 0. The molecule has 1 amide bonds. The average Bonchev–Trinajstić information content (AvgIpc) is 2.49. The number of carbonyl (C=O) groups excluding carboxylic acids is 1. The number of nitrogens with one attached hydrogen (secondary N) is 1. The van der Waals surface area contributed by atoms with Crippen molar-refractivity contribution in [2.24, 2.45) is 7.05 Å². The van der Waals surface area contributed by atoms with Gasteiger partial charge in [0.05, 0.1) is 6.04 Å². The Hall–Kier alpha value is -1.60. The van der Waals surface area contributed by atoms with Crippen molar-refractivity contribution in [3.63, 3.8) is 0 Å². The van der Waals surface area contributed by atoms with Crippen molar-refractivity contribution in [2.45, 2.75) is 19.1 Å². The second kappa shape index (κ2) is 3.87. The maximum atomic E-state index is 11.9. The Labute approximate surface area is 83.3 Å². The van der Waals surface area contributed by atoms with Gasteiger partial charge in [0.25, 0.3) is 0 Å². The average molecular weight is 222 g/mol. The summed E-state index contributed by atoms with van der Waals surface area (Å²) in [5.74, 6) is -1.73. The number of amides is 1. The lowest BCUT2D eigenvalue weighted by Crippen LogP contribution is -2.38. The zero-order valence-electron chi connectivity index (χ0n) is 8.04. The van der Waals surface area contributed by atoms with E-state index in [4.69, 9.17) is 0 Å². The first-order valence-corrected chi connectivity index (χ1v) is 4.04. The van der Waals surface area contributed by atoms with Gasteiger partial charge in [-0.05, 0) is 6.92 Å². The Bertz CT molecular complexity index is 359. The second-order valence-electron chi connectivity index (χ2n) is 2.99. The highest BCUT2D eigenvalue weighted by atomic mass is 19.4. The predicted molar refractivity (Wildman–Crippen MR) is 43.6 cm³/mol. The Balaban J connectivity index is 2.69. The van der Waals surface area contributed by atoms with Gasteiger partial charge >= 0.3 is 12.1 Å². The number of rotatable bonds is 2. The van der Waals surface area contributed by atoms with Crippen LogP contribution in [0, 0.1) is 0 Å². The van der Waals surface area contributed by atoms with Crippen molar-refractivity contribution in [2.75, 3.05) is 0 Å². The number of carbonyl (C=O) groups is 1.